The first kappa shape index (κ1) is 10.5. The van der Waals surface area contributed by atoms with Gasteiger partial charge in [0.25, 0.3) is 5.91 Å². The van der Waals surface area contributed by atoms with E-state index in [1.54, 1.807) is 24.3 Å². The summed E-state index contributed by atoms with van der Waals surface area (Å²) < 4.78 is 0. The molecule has 17 heavy (non-hydrogen) atoms. The predicted molar refractivity (Wildman–Crippen MR) is 61.3 cm³/mol. The van der Waals surface area contributed by atoms with Crippen molar-refractivity contribution in [2.45, 2.75) is 24.9 Å². The standard InChI is InChI=1S/C13H13NO3/c15-11(8-5-6-8)7-13(17)9-3-1-2-4-10(9)14-12(13)16/h1-4,8,17H,5-7H2,(H,14,16)/t13-/m1/s1. The van der Waals surface area contributed by atoms with Crippen LogP contribution in [0.3, 0.4) is 0 Å². The van der Waals surface area contributed by atoms with Crippen LogP contribution < -0.4 is 5.32 Å². The van der Waals surface area contributed by atoms with Gasteiger partial charge in [-0.2, -0.15) is 0 Å². The summed E-state index contributed by atoms with van der Waals surface area (Å²) >= 11 is 0. The molecule has 1 aromatic carbocycles. The SMILES string of the molecule is O=C(C[C@]1(O)C(=O)Nc2ccccc21)C1CC1. The Morgan fingerprint density at radius 2 is 2.12 bits per heavy atom. The summed E-state index contributed by atoms with van der Waals surface area (Å²) in [6, 6.07) is 6.96. The third kappa shape index (κ3) is 1.56. The van der Waals surface area contributed by atoms with E-state index in [-0.39, 0.29) is 18.1 Å². The van der Waals surface area contributed by atoms with Gasteiger partial charge in [-0.1, -0.05) is 18.2 Å². The fourth-order valence-electron chi connectivity index (χ4n) is 2.28. The van der Waals surface area contributed by atoms with Crippen molar-refractivity contribution in [3.8, 4) is 0 Å². The molecule has 4 heteroatoms. The van der Waals surface area contributed by atoms with E-state index in [0.29, 0.717) is 11.3 Å². The Morgan fingerprint density at radius 1 is 1.41 bits per heavy atom. The lowest BCUT2D eigenvalue weighted by Crippen LogP contribution is -2.36. The van der Waals surface area contributed by atoms with E-state index in [2.05, 4.69) is 5.32 Å². The molecule has 1 saturated carbocycles. The van der Waals surface area contributed by atoms with E-state index in [1.807, 2.05) is 0 Å². The van der Waals surface area contributed by atoms with Gasteiger partial charge in [-0.3, -0.25) is 9.59 Å². The Labute approximate surface area is 98.6 Å². The third-order valence-electron chi connectivity index (χ3n) is 3.46. The second-order valence-electron chi connectivity index (χ2n) is 4.78. The molecule has 1 fully saturated rings. The van der Waals surface area contributed by atoms with E-state index < -0.39 is 11.5 Å². The molecule has 88 valence electrons. The molecule has 0 aromatic heterocycles. The number of para-hydroxylation sites is 1. The minimum atomic E-state index is -1.67. The zero-order valence-corrected chi connectivity index (χ0v) is 9.27. The van der Waals surface area contributed by atoms with E-state index in [1.165, 1.54) is 0 Å². The average molecular weight is 231 g/mol. The van der Waals surface area contributed by atoms with Crippen LogP contribution in [0.5, 0.6) is 0 Å². The van der Waals surface area contributed by atoms with E-state index >= 15 is 0 Å². The maximum Gasteiger partial charge on any atom is 0.261 e. The zero-order valence-electron chi connectivity index (χ0n) is 9.27. The Bertz CT molecular complexity index is 507. The summed E-state index contributed by atoms with van der Waals surface area (Å²) in [4.78, 5) is 23.6. The monoisotopic (exact) mass is 231 g/mol. The summed E-state index contributed by atoms with van der Waals surface area (Å²) in [5, 5.41) is 13.0. The van der Waals surface area contributed by atoms with Gasteiger partial charge in [0.1, 0.15) is 5.78 Å². The van der Waals surface area contributed by atoms with E-state index in [4.69, 9.17) is 0 Å². The second-order valence-corrected chi connectivity index (χ2v) is 4.78. The van der Waals surface area contributed by atoms with Gasteiger partial charge in [0.2, 0.25) is 0 Å². The highest BCUT2D eigenvalue weighted by molar-refractivity contribution is 6.07. The van der Waals surface area contributed by atoms with Crippen LogP contribution in [0.2, 0.25) is 0 Å². The average Bonchev–Trinajstić information content (AvgIpc) is 3.10. The molecule has 4 nitrogen and oxygen atoms in total. The molecule has 2 N–H and O–H groups in total. The number of nitrogens with one attached hydrogen (secondary N) is 1. The van der Waals surface area contributed by atoms with Crippen molar-refractivity contribution in [3.63, 3.8) is 0 Å². The number of ketones is 1. The topological polar surface area (TPSA) is 66.4 Å². The number of Topliss-reactive ketones (excluding diaryl/α,β-unsaturated/α-hetero) is 1. The second kappa shape index (κ2) is 3.40. The van der Waals surface area contributed by atoms with Crippen LogP contribution in [-0.2, 0) is 15.2 Å². The minimum Gasteiger partial charge on any atom is -0.375 e. The Morgan fingerprint density at radius 3 is 2.82 bits per heavy atom. The molecule has 0 radical (unpaired) electrons. The molecule has 0 spiro atoms. The number of rotatable bonds is 3. The van der Waals surface area contributed by atoms with Crippen LogP contribution >= 0.6 is 0 Å². The number of hydrogen-bond donors (Lipinski definition) is 2. The number of aliphatic hydroxyl groups is 1. The largest absolute Gasteiger partial charge is 0.375 e. The van der Waals surface area contributed by atoms with Gasteiger partial charge in [-0.25, -0.2) is 0 Å². The lowest BCUT2D eigenvalue weighted by atomic mass is 9.89. The smallest absolute Gasteiger partial charge is 0.261 e. The Hall–Kier alpha value is -1.68. The first-order valence-electron chi connectivity index (χ1n) is 5.77. The van der Waals surface area contributed by atoms with Crippen molar-refractivity contribution >= 4 is 17.4 Å². The van der Waals surface area contributed by atoms with Gasteiger partial charge in [0, 0.05) is 23.6 Å². The van der Waals surface area contributed by atoms with Gasteiger partial charge >= 0.3 is 0 Å². The fourth-order valence-corrected chi connectivity index (χ4v) is 2.28. The molecule has 1 atom stereocenters. The molecule has 1 amide bonds. The fraction of sp³-hybridized carbons (Fsp3) is 0.385. The normalized spacial score (nSPS) is 26.5. The van der Waals surface area contributed by atoms with Crippen LogP contribution in [0, 0.1) is 5.92 Å². The molecule has 0 bridgehead atoms. The predicted octanol–water partition coefficient (Wildman–Crippen LogP) is 1.20. The molecule has 0 saturated heterocycles. The quantitative estimate of drug-likeness (QED) is 0.821. The van der Waals surface area contributed by atoms with Crippen molar-refractivity contribution in [1.29, 1.82) is 0 Å². The van der Waals surface area contributed by atoms with Gasteiger partial charge in [-0.15, -0.1) is 0 Å². The van der Waals surface area contributed by atoms with E-state index in [0.717, 1.165) is 12.8 Å². The highest BCUT2D eigenvalue weighted by Crippen LogP contribution is 2.41. The summed E-state index contributed by atoms with van der Waals surface area (Å²) in [6.07, 6.45) is 1.66. The molecule has 0 unspecified atom stereocenters. The number of carbonyl (C=O) groups is 2. The van der Waals surface area contributed by atoms with Gasteiger partial charge < -0.3 is 10.4 Å². The maximum atomic E-state index is 11.8. The highest BCUT2D eigenvalue weighted by Gasteiger charge is 2.48. The van der Waals surface area contributed by atoms with Crippen molar-refractivity contribution < 1.29 is 14.7 Å². The number of amides is 1. The number of carbonyl (C=O) groups excluding carboxylic acids is 2. The molecule has 2 aliphatic rings. The molecular formula is C13H13NO3. The molecule has 1 heterocycles. The lowest BCUT2D eigenvalue weighted by molar-refractivity contribution is -0.140. The molecule has 1 aliphatic heterocycles. The lowest BCUT2D eigenvalue weighted by Gasteiger charge is -2.19. The third-order valence-corrected chi connectivity index (χ3v) is 3.46. The maximum absolute atomic E-state index is 11.8. The number of fused-ring (bicyclic) bond motifs is 1. The Balaban J connectivity index is 1.94. The number of hydrogen-bond acceptors (Lipinski definition) is 3. The van der Waals surface area contributed by atoms with Crippen molar-refractivity contribution in [2.24, 2.45) is 5.92 Å². The van der Waals surface area contributed by atoms with Crippen LogP contribution in [0.15, 0.2) is 24.3 Å². The molecule has 3 rings (SSSR count). The number of anilines is 1. The number of benzene rings is 1. The van der Waals surface area contributed by atoms with Crippen molar-refractivity contribution in [2.75, 3.05) is 5.32 Å². The molecule has 1 aliphatic carbocycles. The van der Waals surface area contributed by atoms with Gasteiger partial charge in [-0.05, 0) is 18.9 Å². The molecule has 1 aromatic rings. The first-order chi connectivity index (χ1) is 8.11. The van der Waals surface area contributed by atoms with Crippen molar-refractivity contribution in [1.82, 2.24) is 0 Å². The summed E-state index contributed by atoms with van der Waals surface area (Å²) in [5.74, 6) is -0.452. The van der Waals surface area contributed by atoms with Crippen molar-refractivity contribution in [3.05, 3.63) is 29.8 Å². The first-order valence-corrected chi connectivity index (χ1v) is 5.77. The van der Waals surface area contributed by atoms with E-state index in [9.17, 15) is 14.7 Å². The summed E-state index contributed by atoms with van der Waals surface area (Å²) in [6.45, 7) is 0. The highest BCUT2D eigenvalue weighted by atomic mass is 16.3. The zero-order chi connectivity index (χ0) is 12.0. The van der Waals surface area contributed by atoms with Crippen LogP contribution in [0.1, 0.15) is 24.8 Å². The minimum absolute atomic E-state index is 0.0145. The van der Waals surface area contributed by atoms with Gasteiger partial charge in [0.15, 0.2) is 5.60 Å². The Kier molecular flexibility index (Phi) is 2.10. The van der Waals surface area contributed by atoms with Crippen LogP contribution in [-0.4, -0.2) is 16.8 Å². The summed E-state index contributed by atoms with van der Waals surface area (Å²) in [5.41, 5.74) is -0.557. The summed E-state index contributed by atoms with van der Waals surface area (Å²) in [7, 11) is 0. The van der Waals surface area contributed by atoms with Crippen LogP contribution in [0.25, 0.3) is 0 Å². The van der Waals surface area contributed by atoms with Crippen LogP contribution in [0.4, 0.5) is 5.69 Å². The van der Waals surface area contributed by atoms with Gasteiger partial charge in [0.05, 0.1) is 0 Å². The molecular weight excluding hydrogens is 218 g/mol.